The van der Waals surface area contributed by atoms with Crippen molar-refractivity contribution in [3.05, 3.63) is 291 Å². The van der Waals surface area contributed by atoms with E-state index >= 15 is 0 Å². The zero-order chi connectivity index (χ0) is 90.0. The maximum atomic E-state index is 7.12. The summed E-state index contributed by atoms with van der Waals surface area (Å²) in [5, 5.41) is 34.6. The van der Waals surface area contributed by atoms with E-state index in [9.17, 15) is 0 Å². The second kappa shape index (κ2) is 40.2. The molecular weight excluding hydrogens is 1650 g/mol. The van der Waals surface area contributed by atoms with Gasteiger partial charge < -0.3 is 75.8 Å². The van der Waals surface area contributed by atoms with Gasteiger partial charge in [0.15, 0.2) is 0 Å². The molecule has 0 aliphatic rings. The van der Waals surface area contributed by atoms with Gasteiger partial charge in [0.05, 0.1) is 52.9 Å². The fourth-order valence-electron chi connectivity index (χ4n) is 19.2. The first kappa shape index (κ1) is 87.4. The van der Waals surface area contributed by atoms with Crippen molar-refractivity contribution in [1.29, 1.82) is 0 Å². The standard InChI is InChI=1S/C116H104O16/c1-117-41-49-125-81-61-73-57-77(65-81)109-85-25-9-17-33-93(85)113(94-34-18-10-26-86(94)109)101-69-102(106(130-54-46-122-6)71-105(101)129-53-45-121-5)115-97-37-21-13-29-89(97)111(90-30-14-22-38-98(90)115)79-59-75(63-83(67-79)127-51-43-119-3)76-60-80(68-84(64-76)128-52-44-120-4)112-91-31-15-23-39-99(91)116(100-40-24-16-32-92(100)112)104-70-103(107(131-55-47-123-7)72-108(104)132-56-48-124-8)114-95-35-19-11-27-87(95)110(88-28-12-20-36-96(88)114)78-58-74(73)62-82(66-78)126-50-42-118-2/h9-40,57-72H,41-56H2,1-8H3. The molecule has 0 N–H and O–H groups in total. The van der Waals surface area contributed by atoms with Crippen LogP contribution in [0.2, 0.25) is 0 Å². The van der Waals surface area contributed by atoms with E-state index in [0.29, 0.717) is 125 Å². The Bertz CT molecular complexity index is 6790. The first-order valence-electron chi connectivity index (χ1n) is 44.9. The number of ether oxygens (including phenoxy) is 16. The maximum Gasteiger partial charge on any atom is 0.131 e. The van der Waals surface area contributed by atoms with E-state index in [1.165, 1.54) is 0 Å². The third-order valence-corrected chi connectivity index (χ3v) is 24.8. The molecule has 19 aromatic carbocycles. The molecule has 0 saturated carbocycles. The predicted molar refractivity (Wildman–Crippen MR) is 542 cm³/mol. The molecule has 0 fully saturated rings. The number of benzene rings is 18. The van der Waals surface area contributed by atoms with Crippen LogP contribution in [0, 0.1) is 0 Å². The van der Waals surface area contributed by atoms with Gasteiger partial charge in [0, 0.05) is 112 Å². The topological polar surface area (TPSA) is 148 Å². The SMILES string of the molecule is COCCOc1cc2cc(c1)c1c3ccccc3c(c3cc(c(OCCOC)cc3OCCOC)c3c4ccccc4c(c4cc(OCCOC)cc(c4)c4cc(OCCOC)cc(c4)c4c5ccccc5c(c5cc(c(OCCOC)cc5OCCOC)c5c6ccccc6c(c6cc(OCCOC)cc2c6)c2ccccc25)c2ccccc24)c2ccccc23)c2ccccc21. The quantitative estimate of drug-likeness (QED) is 0.0291. The molecule has 0 atom stereocenters. The molecule has 0 spiro atoms. The summed E-state index contributed by atoms with van der Waals surface area (Å²) in [6.07, 6.45) is 0. The molecule has 0 radical (unpaired) electrons. The number of methoxy groups -OCH3 is 8. The van der Waals surface area contributed by atoms with Crippen LogP contribution >= 0.6 is 0 Å². The van der Waals surface area contributed by atoms with Crippen LogP contribution in [-0.4, -0.2) is 163 Å². The molecule has 0 unspecified atom stereocenters. The molecular formula is C116H104O16. The normalized spacial score (nSPS) is 11.8. The van der Waals surface area contributed by atoms with Crippen LogP contribution in [0.3, 0.4) is 0 Å². The minimum absolute atomic E-state index is 0.253. The molecule has 0 aliphatic heterocycles. The third kappa shape index (κ3) is 17.3. The van der Waals surface area contributed by atoms with E-state index in [2.05, 4.69) is 291 Å². The lowest BCUT2D eigenvalue weighted by atomic mass is 9.89. The number of hydrogen-bond donors (Lipinski definition) is 0. The lowest BCUT2D eigenvalue weighted by Gasteiger charge is -2.18. The number of rotatable bonds is 32. The second-order valence-electron chi connectivity index (χ2n) is 32.8. The van der Waals surface area contributed by atoms with E-state index in [-0.39, 0.29) is 26.4 Å². The largest absolute Gasteiger partial charge is 0.491 e. The summed E-state index contributed by atoms with van der Waals surface area (Å²) in [7, 11) is 13.6. The molecule has 0 aliphatic carbocycles. The van der Waals surface area contributed by atoms with Crippen molar-refractivity contribution < 1.29 is 75.8 Å². The molecule has 16 nitrogen and oxygen atoms in total. The lowest BCUT2D eigenvalue weighted by Crippen LogP contribution is -2.07. The first-order valence-corrected chi connectivity index (χ1v) is 44.9. The summed E-state index contributed by atoms with van der Waals surface area (Å²) in [5.74, 6) is 5.10. The summed E-state index contributed by atoms with van der Waals surface area (Å²) in [6, 6.07) is 105. The van der Waals surface area contributed by atoms with Crippen molar-refractivity contribution in [2.75, 3.05) is 163 Å². The Morgan fingerprint density at radius 3 is 0.432 bits per heavy atom. The molecule has 19 rings (SSSR count). The summed E-state index contributed by atoms with van der Waals surface area (Å²) in [6.45, 7) is 4.99. The molecule has 132 heavy (non-hydrogen) atoms. The van der Waals surface area contributed by atoms with Crippen LogP contribution in [0.5, 0.6) is 46.0 Å². The third-order valence-electron chi connectivity index (χ3n) is 24.8. The smallest absolute Gasteiger partial charge is 0.131 e. The van der Waals surface area contributed by atoms with Gasteiger partial charge in [-0.15, -0.1) is 0 Å². The predicted octanol–water partition coefficient (Wildman–Crippen LogP) is 26.6. The van der Waals surface area contributed by atoms with E-state index in [1.54, 1.807) is 56.9 Å². The molecule has 0 heterocycles. The van der Waals surface area contributed by atoms with Gasteiger partial charge in [0.1, 0.15) is 98.9 Å². The first-order chi connectivity index (χ1) is 65.2. The zero-order valence-electron chi connectivity index (χ0n) is 75.6. The van der Waals surface area contributed by atoms with Gasteiger partial charge in [-0.05, 0) is 236 Å². The molecule has 16 heteroatoms. The Hall–Kier alpha value is -13.9. The number of fused-ring (bicyclic) bond motifs is 34. The molecule has 0 saturated heterocycles. The van der Waals surface area contributed by atoms with E-state index in [1.807, 2.05) is 0 Å². The Morgan fingerprint density at radius 1 is 0.129 bits per heavy atom. The van der Waals surface area contributed by atoms with Crippen molar-refractivity contribution in [3.63, 3.8) is 0 Å². The zero-order valence-corrected chi connectivity index (χ0v) is 75.6. The van der Waals surface area contributed by atoms with Crippen LogP contribution < -0.4 is 37.9 Å². The highest BCUT2D eigenvalue weighted by molar-refractivity contribution is 6.38. The molecule has 19 aromatic rings. The van der Waals surface area contributed by atoms with Crippen LogP contribution in [0.15, 0.2) is 291 Å². The van der Waals surface area contributed by atoms with E-state index < -0.39 is 0 Å². The summed E-state index contributed by atoms with van der Waals surface area (Å²) in [5.41, 5.74) is 0. The van der Waals surface area contributed by atoms with Gasteiger partial charge >= 0.3 is 0 Å². The fourth-order valence-corrected chi connectivity index (χ4v) is 19.2. The molecule has 664 valence electrons. The molecule has 0 amide bonds. The number of hydrogen-bond acceptors (Lipinski definition) is 16. The van der Waals surface area contributed by atoms with E-state index in [0.717, 1.165) is 194 Å². The van der Waals surface area contributed by atoms with Crippen molar-refractivity contribution in [3.8, 4) is 46.0 Å². The van der Waals surface area contributed by atoms with Gasteiger partial charge in [0.2, 0.25) is 0 Å². The van der Waals surface area contributed by atoms with Crippen LogP contribution in [0.25, 0.3) is 194 Å². The van der Waals surface area contributed by atoms with Crippen molar-refractivity contribution in [1.82, 2.24) is 0 Å². The Morgan fingerprint density at radius 2 is 0.273 bits per heavy atom. The Labute approximate surface area is 764 Å². The maximum absolute atomic E-state index is 7.12. The van der Waals surface area contributed by atoms with Gasteiger partial charge in [-0.1, -0.05) is 194 Å². The van der Waals surface area contributed by atoms with Gasteiger partial charge in [0.25, 0.3) is 0 Å². The summed E-state index contributed by atoms with van der Waals surface area (Å²) in [4.78, 5) is 0. The lowest BCUT2D eigenvalue weighted by molar-refractivity contribution is 0.143. The van der Waals surface area contributed by atoms with Crippen molar-refractivity contribution >= 4 is 194 Å². The van der Waals surface area contributed by atoms with Gasteiger partial charge in [-0.2, -0.15) is 0 Å². The molecule has 0 aromatic heterocycles. The summed E-state index contributed by atoms with van der Waals surface area (Å²) >= 11 is 0. The second-order valence-corrected chi connectivity index (χ2v) is 32.8. The van der Waals surface area contributed by atoms with Crippen LogP contribution in [0.4, 0.5) is 0 Å². The van der Waals surface area contributed by atoms with Crippen LogP contribution in [-0.2, 0) is 37.9 Å². The highest BCUT2D eigenvalue weighted by Crippen LogP contribution is 2.51. The fraction of sp³-hybridized carbons (Fsp3) is 0.207. The van der Waals surface area contributed by atoms with Gasteiger partial charge in [-0.3, -0.25) is 0 Å². The highest BCUT2D eigenvalue weighted by Gasteiger charge is 2.24. The average molecular weight is 1750 g/mol. The average Bonchev–Trinajstić information content (AvgIpc) is 0.725. The van der Waals surface area contributed by atoms with E-state index in [4.69, 9.17) is 75.8 Å². The monoisotopic (exact) mass is 1750 g/mol. The van der Waals surface area contributed by atoms with Gasteiger partial charge in [-0.25, -0.2) is 0 Å². The van der Waals surface area contributed by atoms with Crippen molar-refractivity contribution in [2.24, 2.45) is 0 Å². The van der Waals surface area contributed by atoms with Crippen molar-refractivity contribution in [2.45, 2.75) is 0 Å². The minimum Gasteiger partial charge on any atom is -0.491 e. The van der Waals surface area contributed by atoms with Crippen LogP contribution in [0.1, 0.15) is 0 Å². The minimum atomic E-state index is 0.253. The highest BCUT2D eigenvalue weighted by atomic mass is 16.6. The Balaban J connectivity index is 1.07. The molecule has 20 bridgehead atoms. The summed E-state index contributed by atoms with van der Waals surface area (Å²) < 4.78 is 102. The Kier molecular flexibility index (Phi) is 26.7.